The van der Waals surface area contributed by atoms with Gasteiger partial charge in [0.25, 0.3) is 0 Å². The maximum atomic E-state index is 5.86. The first-order chi connectivity index (χ1) is 8.83. The molecule has 4 nitrogen and oxygen atoms in total. The van der Waals surface area contributed by atoms with Gasteiger partial charge in [0.15, 0.2) is 0 Å². The summed E-state index contributed by atoms with van der Waals surface area (Å²) in [7, 11) is 0. The summed E-state index contributed by atoms with van der Waals surface area (Å²) in [6.45, 7) is 2.74. The fourth-order valence-corrected chi connectivity index (χ4v) is 2.09. The van der Waals surface area contributed by atoms with Crippen LogP contribution in [0.25, 0.3) is 5.69 Å². The Morgan fingerprint density at radius 2 is 2.17 bits per heavy atom. The van der Waals surface area contributed by atoms with E-state index in [-0.39, 0.29) is 6.29 Å². The second-order valence-electron chi connectivity index (χ2n) is 4.43. The molecule has 1 aliphatic rings. The van der Waals surface area contributed by atoms with Crippen molar-refractivity contribution in [3.05, 3.63) is 42.1 Å². The number of para-hydroxylation sites is 1. The summed E-state index contributed by atoms with van der Waals surface area (Å²) in [6.07, 6.45) is 1.87. The summed E-state index contributed by atoms with van der Waals surface area (Å²) in [4.78, 5) is 0. The van der Waals surface area contributed by atoms with E-state index in [2.05, 4.69) is 5.10 Å². The van der Waals surface area contributed by atoms with E-state index in [1.54, 1.807) is 0 Å². The van der Waals surface area contributed by atoms with Crippen molar-refractivity contribution in [1.29, 1.82) is 0 Å². The molecule has 0 spiro atoms. The highest BCUT2D eigenvalue weighted by Crippen LogP contribution is 2.23. The molecule has 0 radical (unpaired) electrons. The molecule has 1 atom stereocenters. The van der Waals surface area contributed by atoms with Crippen LogP contribution in [0.4, 0.5) is 0 Å². The average Bonchev–Trinajstić information content (AvgIpc) is 3.01. The quantitative estimate of drug-likeness (QED) is 0.833. The number of hydrogen-bond acceptors (Lipinski definition) is 3. The molecule has 1 aliphatic heterocycles. The van der Waals surface area contributed by atoms with Crippen molar-refractivity contribution in [3.8, 4) is 11.6 Å². The second-order valence-corrected chi connectivity index (χ2v) is 4.43. The topological polar surface area (TPSA) is 36.3 Å². The molecule has 1 saturated heterocycles. The van der Waals surface area contributed by atoms with Gasteiger partial charge in [0.05, 0.1) is 18.0 Å². The van der Waals surface area contributed by atoms with Crippen molar-refractivity contribution < 1.29 is 9.47 Å². The molecule has 94 valence electrons. The molecule has 18 heavy (non-hydrogen) atoms. The summed E-state index contributed by atoms with van der Waals surface area (Å²) in [5.74, 6) is 0.741. The lowest BCUT2D eigenvalue weighted by atomic mass is 10.3. The lowest BCUT2D eigenvalue weighted by Crippen LogP contribution is -2.16. The average molecular weight is 244 g/mol. The molecule has 1 aromatic carbocycles. The number of rotatable bonds is 3. The van der Waals surface area contributed by atoms with Crippen LogP contribution in [-0.2, 0) is 4.74 Å². The van der Waals surface area contributed by atoms with E-state index in [1.807, 2.05) is 48.0 Å². The van der Waals surface area contributed by atoms with Crippen molar-refractivity contribution in [1.82, 2.24) is 9.78 Å². The van der Waals surface area contributed by atoms with E-state index in [1.165, 1.54) is 0 Å². The molecule has 0 aliphatic carbocycles. The van der Waals surface area contributed by atoms with Crippen molar-refractivity contribution >= 4 is 0 Å². The van der Waals surface area contributed by atoms with Crippen LogP contribution in [0.5, 0.6) is 5.88 Å². The van der Waals surface area contributed by atoms with Crippen molar-refractivity contribution in [2.45, 2.75) is 26.1 Å². The summed E-state index contributed by atoms with van der Waals surface area (Å²) in [5, 5.41) is 4.46. The van der Waals surface area contributed by atoms with Crippen molar-refractivity contribution in [2.75, 3.05) is 6.61 Å². The highest BCUT2D eigenvalue weighted by molar-refractivity contribution is 5.35. The Labute approximate surface area is 106 Å². The molecule has 0 saturated carbocycles. The van der Waals surface area contributed by atoms with E-state index in [0.717, 1.165) is 36.7 Å². The first-order valence-electron chi connectivity index (χ1n) is 6.23. The third kappa shape index (κ3) is 2.24. The van der Waals surface area contributed by atoms with E-state index in [0.29, 0.717) is 0 Å². The Balaban J connectivity index is 1.89. The van der Waals surface area contributed by atoms with Crippen LogP contribution >= 0.6 is 0 Å². The molecule has 2 aromatic rings. The van der Waals surface area contributed by atoms with Gasteiger partial charge in [-0.2, -0.15) is 5.10 Å². The molecular formula is C14H16N2O2. The van der Waals surface area contributed by atoms with E-state index >= 15 is 0 Å². The molecule has 1 fully saturated rings. The van der Waals surface area contributed by atoms with Gasteiger partial charge in [-0.25, -0.2) is 4.68 Å². The second kappa shape index (κ2) is 4.82. The third-order valence-corrected chi connectivity index (χ3v) is 2.94. The van der Waals surface area contributed by atoms with E-state index in [4.69, 9.17) is 9.47 Å². The Bertz CT molecular complexity index is 516. The Morgan fingerprint density at radius 3 is 2.89 bits per heavy atom. The Kier molecular flexibility index (Phi) is 3.02. The predicted molar refractivity (Wildman–Crippen MR) is 67.9 cm³/mol. The molecule has 3 rings (SSSR count). The predicted octanol–water partition coefficient (Wildman–Crippen LogP) is 2.70. The minimum atomic E-state index is -0.136. The van der Waals surface area contributed by atoms with Gasteiger partial charge in [0.1, 0.15) is 0 Å². The number of hydrogen-bond donors (Lipinski definition) is 0. The molecule has 0 bridgehead atoms. The van der Waals surface area contributed by atoms with Gasteiger partial charge < -0.3 is 9.47 Å². The van der Waals surface area contributed by atoms with Crippen LogP contribution < -0.4 is 4.74 Å². The van der Waals surface area contributed by atoms with Crippen LogP contribution in [0.1, 0.15) is 18.5 Å². The number of aryl methyl sites for hydroxylation is 1. The van der Waals surface area contributed by atoms with Gasteiger partial charge in [0, 0.05) is 12.5 Å². The Morgan fingerprint density at radius 1 is 1.33 bits per heavy atom. The van der Waals surface area contributed by atoms with E-state index < -0.39 is 0 Å². The first-order valence-corrected chi connectivity index (χ1v) is 6.23. The fraction of sp³-hybridized carbons (Fsp3) is 0.357. The monoisotopic (exact) mass is 244 g/mol. The first kappa shape index (κ1) is 11.3. The molecule has 0 amide bonds. The lowest BCUT2D eigenvalue weighted by molar-refractivity contribution is -0.0431. The maximum absolute atomic E-state index is 5.86. The lowest BCUT2D eigenvalue weighted by Gasteiger charge is -2.13. The van der Waals surface area contributed by atoms with Gasteiger partial charge >= 0.3 is 0 Å². The van der Waals surface area contributed by atoms with Crippen LogP contribution in [0.3, 0.4) is 0 Å². The largest absolute Gasteiger partial charge is 0.448 e. The summed E-state index contributed by atoms with van der Waals surface area (Å²) in [5.41, 5.74) is 1.94. The standard InChI is InChI=1S/C14H16N2O2/c1-11-10-13(18-14-8-5-9-17-14)16(15-11)12-6-3-2-4-7-12/h2-4,6-7,10,14H,5,8-9H2,1H3. The third-order valence-electron chi connectivity index (χ3n) is 2.94. The zero-order valence-corrected chi connectivity index (χ0v) is 10.4. The van der Waals surface area contributed by atoms with E-state index in [9.17, 15) is 0 Å². The molecule has 0 N–H and O–H groups in total. The smallest absolute Gasteiger partial charge is 0.219 e. The summed E-state index contributed by atoms with van der Waals surface area (Å²) < 4.78 is 13.2. The molecule has 4 heteroatoms. The van der Waals surface area contributed by atoms with Crippen LogP contribution in [0.15, 0.2) is 36.4 Å². The van der Waals surface area contributed by atoms with Gasteiger partial charge in [-0.3, -0.25) is 0 Å². The number of aromatic nitrogens is 2. The van der Waals surface area contributed by atoms with Crippen LogP contribution in [0, 0.1) is 6.92 Å². The normalized spacial score (nSPS) is 19.1. The molecule has 1 aromatic heterocycles. The molecule has 2 heterocycles. The van der Waals surface area contributed by atoms with Crippen LogP contribution in [0.2, 0.25) is 0 Å². The van der Waals surface area contributed by atoms with Gasteiger partial charge in [-0.1, -0.05) is 18.2 Å². The SMILES string of the molecule is Cc1cc(OC2CCCO2)n(-c2ccccc2)n1. The Hall–Kier alpha value is -1.81. The molecule has 1 unspecified atom stereocenters. The minimum Gasteiger partial charge on any atom is -0.448 e. The zero-order chi connectivity index (χ0) is 12.4. The summed E-state index contributed by atoms with van der Waals surface area (Å²) >= 11 is 0. The van der Waals surface area contributed by atoms with Crippen molar-refractivity contribution in [2.24, 2.45) is 0 Å². The van der Waals surface area contributed by atoms with Crippen molar-refractivity contribution in [3.63, 3.8) is 0 Å². The van der Waals surface area contributed by atoms with Crippen LogP contribution in [-0.4, -0.2) is 22.7 Å². The highest BCUT2D eigenvalue weighted by Gasteiger charge is 2.19. The van der Waals surface area contributed by atoms with Gasteiger partial charge in [-0.15, -0.1) is 0 Å². The number of nitrogens with zero attached hydrogens (tertiary/aromatic N) is 2. The number of benzene rings is 1. The zero-order valence-electron chi connectivity index (χ0n) is 10.4. The van der Waals surface area contributed by atoms with Gasteiger partial charge in [-0.05, 0) is 25.5 Å². The summed E-state index contributed by atoms with van der Waals surface area (Å²) in [6, 6.07) is 11.9. The fourth-order valence-electron chi connectivity index (χ4n) is 2.09. The molecular weight excluding hydrogens is 228 g/mol. The highest BCUT2D eigenvalue weighted by atomic mass is 16.7. The number of ether oxygens (including phenoxy) is 2. The maximum Gasteiger partial charge on any atom is 0.219 e. The van der Waals surface area contributed by atoms with Gasteiger partial charge in [0.2, 0.25) is 12.2 Å². The minimum absolute atomic E-state index is 0.136.